The van der Waals surface area contributed by atoms with Crippen LogP contribution < -0.4 is 14.8 Å². The fraction of sp³-hybridized carbons (Fsp3) is 0.111. The molecule has 1 heterocycles. The number of non-ortho nitro benzene ring substituents is 1. The van der Waals surface area contributed by atoms with Gasteiger partial charge in [0, 0.05) is 19.2 Å². The number of carbonyl (C=O) groups excluding carboxylic acids is 1. The first-order chi connectivity index (χ1) is 14.3. The number of hydrogen-bond donors (Lipinski definition) is 1. The Bertz CT molecular complexity index is 1140. The van der Waals surface area contributed by atoms with Gasteiger partial charge in [-0.1, -0.05) is 12.1 Å². The van der Waals surface area contributed by atoms with Crippen molar-refractivity contribution in [2.45, 2.75) is 0 Å². The zero-order valence-corrected chi connectivity index (χ0v) is 15.8. The van der Waals surface area contributed by atoms with Gasteiger partial charge in [-0.05, 0) is 12.1 Å². The molecule has 0 radical (unpaired) electrons. The van der Waals surface area contributed by atoms with Crippen molar-refractivity contribution < 1.29 is 24.1 Å². The highest BCUT2D eigenvalue weighted by molar-refractivity contribution is 6.05. The molecule has 12 nitrogen and oxygen atoms in total. The number of nitrogens with zero attached hydrogens (tertiary/aromatic N) is 4. The highest BCUT2D eigenvalue weighted by Gasteiger charge is 2.25. The summed E-state index contributed by atoms with van der Waals surface area (Å²) in [6.45, 7) is 0. The van der Waals surface area contributed by atoms with Gasteiger partial charge in [0.25, 0.3) is 11.6 Å². The molecule has 30 heavy (non-hydrogen) atoms. The van der Waals surface area contributed by atoms with Crippen LogP contribution >= 0.6 is 0 Å². The molecule has 0 spiro atoms. The fourth-order valence-electron chi connectivity index (χ4n) is 2.61. The van der Waals surface area contributed by atoms with E-state index in [1.807, 2.05) is 0 Å². The van der Waals surface area contributed by atoms with Crippen molar-refractivity contribution in [2.24, 2.45) is 7.05 Å². The third kappa shape index (κ3) is 4.32. The van der Waals surface area contributed by atoms with Crippen molar-refractivity contribution in [3.63, 3.8) is 0 Å². The van der Waals surface area contributed by atoms with Gasteiger partial charge in [0.05, 0.1) is 28.7 Å². The van der Waals surface area contributed by atoms with E-state index in [4.69, 9.17) is 9.47 Å². The second-order valence-corrected chi connectivity index (χ2v) is 5.97. The summed E-state index contributed by atoms with van der Waals surface area (Å²) in [4.78, 5) is 33.5. The van der Waals surface area contributed by atoms with Gasteiger partial charge in [0.15, 0.2) is 11.5 Å². The molecule has 1 amide bonds. The number of para-hydroxylation sites is 2. The van der Waals surface area contributed by atoms with E-state index in [2.05, 4.69) is 10.4 Å². The van der Waals surface area contributed by atoms with Gasteiger partial charge in [-0.25, -0.2) is 0 Å². The molecule has 0 atom stereocenters. The molecule has 1 N–H and O–H groups in total. The number of aryl methyl sites for hydroxylation is 1. The molecule has 2 aromatic carbocycles. The number of methoxy groups -OCH3 is 1. The minimum Gasteiger partial charge on any atom is -0.493 e. The van der Waals surface area contributed by atoms with E-state index in [1.165, 1.54) is 26.3 Å². The zero-order chi connectivity index (χ0) is 21.8. The SMILES string of the molecule is COc1ccccc1Oc1cc(NC(=O)c2nn(C)cc2[N+](=O)[O-])cc([N+](=O)[O-])c1. The van der Waals surface area contributed by atoms with Crippen LogP contribution in [0.25, 0.3) is 0 Å². The van der Waals surface area contributed by atoms with E-state index in [0.717, 1.165) is 16.9 Å². The number of hydrogen-bond acceptors (Lipinski definition) is 8. The molecule has 0 saturated carbocycles. The average Bonchev–Trinajstić information content (AvgIpc) is 3.10. The Morgan fingerprint density at radius 3 is 2.43 bits per heavy atom. The molecule has 0 aliphatic rings. The van der Waals surface area contributed by atoms with E-state index in [-0.39, 0.29) is 17.1 Å². The van der Waals surface area contributed by atoms with E-state index < -0.39 is 27.1 Å². The van der Waals surface area contributed by atoms with Crippen LogP contribution in [0.4, 0.5) is 17.1 Å². The van der Waals surface area contributed by atoms with E-state index in [0.29, 0.717) is 11.5 Å². The van der Waals surface area contributed by atoms with E-state index >= 15 is 0 Å². The van der Waals surface area contributed by atoms with Crippen LogP contribution in [0, 0.1) is 20.2 Å². The lowest BCUT2D eigenvalue weighted by Gasteiger charge is -2.11. The molecular formula is C18H15N5O7. The van der Waals surface area contributed by atoms with Crippen LogP contribution in [-0.2, 0) is 7.05 Å². The van der Waals surface area contributed by atoms with Crippen LogP contribution in [-0.4, -0.2) is 32.6 Å². The molecule has 0 bridgehead atoms. The van der Waals surface area contributed by atoms with E-state index in [1.54, 1.807) is 24.3 Å². The summed E-state index contributed by atoms with van der Waals surface area (Å²) in [5.41, 5.74) is -1.28. The lowest BCUT2D eigenvalue weighted by Crippen LogP contribution is -2.14. The van der Waals surface area contributed by atoms with E-state index in [9.17, 15) is 25.0 Å². The van der Waals surface area contributed by atoms with Crippen molar-refractivity contribution >= 4 is 23.0 Å². The molecule has 0 aliphatic heterocycles. The molecule has 0 unspecified atom stereocenters. The van der Waals surface area contributed by atoms with Crippen LogP contribution in [0.2, 0.25) is 0 Å². The van der Waals surface area contributed by atoms with Crippen molar-refractivity contribution in [1.29, 1.82) is 0 Å². The van der Waals surface area contributed by atoms with Gasteiger partial charge >= 0.3 is 5.69 Å². The summed E-state index contributed by atoms with van der Waals surface area (Å²) in [6, 6.07) is 10.3. The maximum atomic E-state index is 12.5. The molecule has 154 valence electrons. The van der Waals surface area contributed by atoms with Crippen LogP contribution in [0.15, 0.2) is 48.7 Å². The second-order valence-electron chi connectivity index (χ2n) is 5.97. The molecule has 1 aromatic heterocycles. The number of carbonyl (C=O) groups is 1. The maximum absolute atomic E-state index is 12.5. The molecule has 0 saturated heterocycles. The van der Waals surface area contributed by atoms with Crippen LogP contribution in [0.1, 0.15) is 10.5 Å². The predicted molar refractivity (Wildman–Crippen MR) is 104 cm³/mol. The summed E-state index contributed by atoms with van der Waals surface area (Å²) in [6.07, 6.45) is 1.08. The smallest absolute Gasteiger partial charge is 0.320 e. The quantitative estimate of drug-likeness (QED) is 0.457. The standard InChI is InChI=1S/C18H15N5O7/c1-21-10-14(23(27)28)17(20-21)18(24)19-11-7-12(22(25)26)9-13(8-11)30-16-6-4-3-5-15(16)29-2/h3-10H,1-2H3,(H,19,24). The number of aromatic nitrogens is 2. The molecule has 12 heteroatoms. The first-order valence-electron chi connectivity index (χ1n) is 8.38. The molecular weight excluding hydrogens is 398 g/mol. The van der Waals surface area contributed by atoms with Gasteiger partial charge in [-0.2, -0.15) is 5.10 Å². The Hall–Kier alpha value is -4.48. The summed E-state index contributed by atoms with van der Waals surface area (Å²) < 4.78 is 12.0. The minimum absolute atomic E-state index is 0.000881. The van der Waals surface area contributed by atoms with Crippen molar-refractivity contribution in [3.05, 3.63) is 74.6 Å². The fourth-order valence-corrected chi connectivity index (χ4v) is 2.61. The first-order valence-corrected chi connectivity index (χ1v) is 8.38. The van der Waals surface area contributed by atoms with Gasteiger partial charge in [0.1, 0.15) is 11.9 Å². The van der Waals surface area contributed by atoms with Crippen LogP contribution in [0.3, 0.4) is 0 Å². The number of rotatable bonds is 7. The number of ether oxygens (including phenoxy) is 2. The Morgan fingerprint density at radius 2 is 1.80 bits per heavy atom. The van der Waals surface area contributed by atoms with Crippen molar-refractivity contribution in [3.8, 4) is 17.2 Å². The average molecular weight is 413 g/mol. The Balaban J connectivity index is 1.94. The van der Waals surface area contributed by atoms with Gasteiger partial charge in [-0.15, -0.1) is 0 Å². The maximum Gasteiger partial charge on any atom is 0.320 e. The summed E-state index contributed by atoms with van der Waals surface area (Å²) >= 11 is 0. The number of nitrogens with one attached hydrogen (secondary N) is 1. The monoisotopic (exact) mass is 413 g/mol. The highest BCUT2D eigenvalue weighted by atomic mass is 16.6. The van der Waals surface area contributed by atoms with Gasteiger partial charge in [0.2, 0.25) is 5.69 Å². The lowest BCUT2D eigenvalue weighted by atomic mass is 10.2. The highest BCUT2D eigenvalue weighted by Crippen LogP contribution is 2.34. The summed E-state index contributed by atoms with van der Waals surface area (Å²) in [5.74, 6) is -0.137. The van der Waals surface area contributed by atoms with Crippen molar-refractivity contribution in [2.75, 3.05) is 12.4 Å². The number of anilines is 1. The third-order valence-corrected chi connectivity index (χ3v) is 3.88. The molecule has 0 aliphatic carbocycles. The predicted octanol–water partition coefficient (Wildman–Crippen LogP) is 3.29. The zero-order valence-electron chi connectivity index (χ0n) is 15.8. The second kappa shape index (κ2) is 8.26. The first kappa shape index (κ1) is 20.3. The summed E-state index contributed by atoms with van der Waals surface area (Å²) in [5, 5.41) is 28.6. The molecule has 3 rings (SSSR count). The van der Waals surface area contributed by atoms with Gasteiger partial charge in [-0.3, -0.25) is 29.7 Å². The number of benzene rings is 2. The normalized spacial score (nSPS) is 10.3. The number of amides is 1. The third-order valence-electron chi connectivity index (χ3n) is 3.88. The lowest BCUT2D eigenvalue weighted by molar-refractivity contribution is -0.385. The molecule has 3 aromatic rings. The number of nitro benzene ring substituents is 1. The Labute approximate surface area is 168 Å². The number of nitro groups is 2. The Morgan fingerprint density at radius 1 is 1.10 bits per heavy atom. The van der Waals surface area contributed by atoms with Crippen LogP contribution in [0.5, 0.6) is 17.2 Å². The minimum atomic E-state index is -0.897. The largest absolute Gasteiger partial charge is 0.493 e. The van der Waals surface area contributed by atoms with Crippen molar-refractivity contribution in [1.82, 2.24) is 9.78 Å². The topological polar surface area (TPSA) is 152 Å². The summed E-state index contributed by atoms with van der Waals surface area (Å²) in [7, 11) is 2.87. The molecule has 0 fully saturated rings. The van der Waals surface area contributed by atoms with Gasteiger partial charge < -0.3 is 14.8 Å². The Kier molecular flexibility index (Phi) is 5.58.